The van der Waals surface area contributed by atoms with Gasteiger partial charge in [-0.25, -0.2) is 4.68 Å². The Morgan fingerprint density at radius 2 is 2.07 bits per heavy atom. The number of nitrogens with zero attached hydrogens (tertiary/aromatic N) is 4. The maximum absolute atomic E-state index is 5.44. The molecule has 2 heterocycles. The van der Waals surface area contributed by atoms with Crippen LogP contribution in [0.15, 0.2) is 47.7 Å². The number of hydrogen-bond acceptors (Lipinski definition) is 3. The van der Waals surface area contributed by atoms with E-state index >= 15 is 0 Å². The molecule has 0 atom stereocenters. The van der Waals surface area contributed by atoms with Crippen LogP contribution in [0.4, 0.5) is 0 Å². The first-order valence-electron chi connectivity index (χ1n) is 9.85. The largest absolute Gasteiger partial charge is 0.381 e. The molecule has 0 saturated carbocycles. The molecule has 1 fully saturated rings. The van der Waals surface area contributed by atoms with Crippen molar-refractivity contribution in [3.05, 3.63) is 48.3 Å². The average Bonchev–Trinajstić information content (AvgIpc) is 3.25. The molecule has 0 radical (unpaired) electrons. The van der Waals surface area contributed by atoms with Crippen LogP contribution < -0.4 is 5.32 Å². The quantitative estimate of drug-likeness (QED) is 0.602. The number of aliphatic imine (C=N–C) groups is 1. The molecule has 0 amide bonds. The first kappa shape index (κ1) is 19.4. The van der Waals surface area contributed by atoms with Crippen LogP contribution in [0.5, 0.6) is 0 Å². The lowest BCUT2D eigenvalue weighted by molar-refractivity contribution is 0.0625. The lowest BCUT2D eigenvalue weighted by Gasteiger charge is -2.26. The van der Waals surface area contributed by atoms with E-state index in [1.54, 1.807) is 6.20 Å². The molecule has 1 N–H and O–H groups in total. The molecule has 1 saturated heterocycles. The molecular weight excluding hydrogens is 338 g/mol. The monoisotopic (exact) mass is 369 g/mol. The van der Waals surface area contributed by atoms with Crippen molar-refractivity contribution in [3.63, 3.8) is 0 Å². The Morgan fingerprint density at radius 1 is 1.30 bits per heavy atom. The molecule has 6 nitrogen and oxygen atoms in total. The van der Waals surface area contributed by atoms with Crippen molar-refractivity contribution in [1.29, 1.82) is 0 Å². The smallest absolute Gasteiger partial charge is 0.193 e. The van der Waals surface area contributed by atoms with Crippen molar-refractivity contribution in [3.8, 4) is 5.69 Å². The predicted octanol–water partition coefficient (Wildman–Crippen LogP) is 2.74. The van der Waals surface area contributed by atoms with Crippen LogP contribution in [0.2, 0.25) is 0 Å². The zero-order chi connectivity index (χ0) is 18.9. The van der Waals surface area contributed by atoms with Crippen LogP contribution in [0.25, 0.3) is 5.69 Å². The van der Waals surface area contributed by atoms with Gasteiger partial charge < -0.3 is 15.0 Å². The molecule has 0 unspecified atom stereocenters. The summed E-state index contributed by atoms with van der Waals surface area (Å²) in [6.45, 7) is 3.74. The summed E-state index contributed by atoms with van der Waals surface area (Å²) in [5.74, 6) is 1.75. The number of hydrogen-bond donors (Lipinski definition) is 1. The normalized spacial score (nSPS) is 15.7. The molecule has 3 rings (SSSR count). The van der Waals surface area contributed by atoms with Crippen LogP contribution in [-0.2, 0) is 11.2 Å². The Hall–Kier alpha value is -2.34. The lowest BCUT2D eigenvalue weighted by Crippen LogP contribution is -2.40. The molecule has 27 heavy (non-hydrogen) atoms. The standard InChI is InChI=1S/C21H31N5O/c1-22-21(25(2)15-9-19-10-16-27-17-11-19)23-13-8-18-4-6-20(7-5-18)26-14-3-12-24-26/h3-7,12,14,19H,8-11,13,15-17H2,1-2H3,(H,22,23). The minimum atomic E-state index is 0.785. The molecule has 0 spiro atoms. The summed E-state index contributed by atoms with van der Waals surface area (Å²) in [5.41, 5.74) is 2.39. The summed E-state index contributed by atoms with van der Waals surface area (Å²) < 4.78 is 7.32. The number of rotatable bonds is 7. The first-order chi connectivity index (χ1) is 13.3. The lowest BCUT2D eigenvalue weighted by atomic mass is 9.96. The van der Waals surface area contributed by atoms with E-state index in [0.29, 0.717) is 0 Å². The van der Waals surface area contributed by atoms with Crippen LogP contribution in [0.1, 0.15) is 24.8 Å². The fourth-order valence-corrected chi connectivity index (χ4v) is 3.46. The fourth-order valence-electron chi connectivity index (χ4n) is 3.46. The highest BCUT2D eigenvalue weighted by Crippen LogP contribution is 2.18. The third-order valence-electron chi connectivity index (χ3n) is 5.19. The van der Waals surface area contributed by atoms with E-state index in [4.69, 9.17) is 4.74 Å². The van der Waals surface area contributed by atoms with Gasteiger partial charge >= 0.3 is 0 Å². The summed E-state index contributed by atoms with van der Waals surface area (Å²) in [6, 6.07) is 10.5. The molecule has 6 heteroatoms. The molecule has 1 aromatic carbocycles. The van der Waals surface area contributed by atoms with Crippen molar-refractivity contribution >= 4 is 5.96 Å². The van der Waals surface area contributed by atoms with Crippen LogP contribution in [0, 0.1) is 5.92 Å². The minimum Gasteiger partial charge on any atom is -0.381 e. The second-order valence-corrected chi connectivity index (χ2v) is 7.11. The fraction of sp³-hybridized carbons (Fsp3) is 0.524. The van der Waals surface area contributed by atoms with Crippen molar-refractivity contribution in [2.75, 3.05) is 40.4 Å². The van der Waals surface area contributed by atoms with Gasteiger partial charge in [0, 0.05) is 52.8 Å². The Labute approximate surface area is 162 Å². The van der Waals surface area contributed by atoms with Gasteiger partial charge in [0.05, 0.1) is 5.69 Å². The van der Waals surface area contributed by atoms with Gasteiger partial charge in [-0.3, -0.25) is 4.99 Å². The number of nitrogens with one attached hydrogen (secondary N) is 1. The molecule has 1 aliphatic rings. The highest BCUT2D eigenvalue weighted by atomic mass is 16.5. The van der Waals surface area contributed by atoms with Crippen molar-refractivity contribution < 1.29 is 4.74 Å². The molecule has 146 valence electrons. The maximum Gasteiger partial charge on any atom is 0.193 e. The zero-order valence-electron chi connectivity index (χ0n) is 16.5. The van der Waals surface area contributed by atoms with Crippen molar-refractivity contribution in [1.82, 2.24) is 20.0 Å². The summed E-state index contributed by atoms with van der Waals surface area (Å²) in [5, 5.41) is 7.74. The van der Waals surface area contributed by atoms with E-state index < -0.39 is 0 Å². The third-order valence-corrected chi connectivity index (χ3v) is 5.19. The number of guanidine groups is 1. The van der Waals surface area contributed by atoms with E-state index in [2.05, 4.69) is 51.6 Å². The van der Waals surface area contributed by atoms with E-state index in [1.807, 2.05) is 24.0 Å². The Bertz CT molecular complexity index is 690. The second kappa shape index (κ2) is 10.1. The zero-order valence-corrected chi connectivity index (χ0v) is 16.5. The second-order valence-electron chi connectivity index (χ2n) is 7.11. The van der Waals surface area contributed by atoms with Gasteiger partial charge in [-0.2, -0.15) is 5.10 Å². The maximum atomic E-state index is 5.44. The Morgan fingerprint density at radius 3 is 2.74 bits per heavy atom. The van der Waals surface area contributed by atoms with Crippen LogP contribution in [-0.4, -0.2) is 61.0 Å². The number of ether oxygens (including phenoxy) is 1. The highest BCUT2D eigenvalue weighted by Gasteiger charge is 2.15. The van der Waals surface area contributed by atoms with Gasteiger partial charge in [0.1, 0.15) is 0 Å². The van der Waals surface area contributed by atoms with Crippen molar-refractivity contribution in [2.45, 2.75) is 25.7 Å². The highest BCUT2D eigenvalue weighted by molar-refractivity contribution is 5.79. The Balaban J connectivity index is 1.41. The summed E-state index contributed by atoms with van der Waals surface area (Å²) in [6.07, 6.45) is 8.29. The van der Waals surface area contributed by atoms with Gasteiger partial charge in [-0.1, -0.05) is 12.1 Å². The molecule has 2 aromatic rings. The van der Waals surface area contributed by atoms with E-state index in [9.17, 15) is 0 Å². The molecule has 1 aliphatic heterocycles. The first-order valence-corrected chi connectivity index (χ1v) is 9.85. The van der Waals surface area contributed by atoms with Gasteiger partial charge in [0.25, 0.3) is 0 Å². The van der Waals surface area contributed by atoms with Gasteiger partial charge in [-0.05, 0) is 55.4 Å². The van der Waals surface area contributed by atoms with E-state index in [-0.39, 0.29) is 0 Å². The molecular formula is C21H31N5O. The predicted molar refractivity (Wildman–Crippen MR) is 109 cm³/mol. The Kier molecular flexibility index (Phi) is 7.27. The van der Waals surface area contributed by atoms with Crippen molar-refractivity contribution in [2.24, 2.45) is 10.9 Å². The van der Waals surface area contributed by atoms with Gasteiger partial charge in [0.2, 0.25) is 0 Å². The SMILES string of the molecule is CN=C(NCCc1ccc(-n2cccn2)cc1)N(C)CCC1CCOCC1. The number of benzene rings is 1. The van der Waals surface area contributed by atoms with E-state index in [0.717, 1.165) is 50.3 Å². The third kappa shape index (κ3) is 5.82. The molecule has 1 aromatic heterocycles. The van der Waals surface area contributed by atoms with Gasteiger partial charge in [-0.15, -0.1) is 0 Å². The van der Waals surface area contributed by atoms with E-state index in [1.165, 1.54) is 24.8 Å². The summed E-state index contributed by atoms with van der Waals surface area (Å²) >= 11 is 0. The molecule has 0 bridgehead atoms. The minimum absolute atomic E-state index is 0.785. The molecule has 0 aliphatic carbocycles. The number of aromatic nitrogens is 2. The van der Waals surface area contributed by atoms with Crippen LogP contribution in [0.3, 0.4) is 0 Å². The topological polar surface area (TPSA) is 54.7 Å². The van der Waals surface area contributed by atoms with Gasteiger partial charge in [0.15, 0.2) is 5.96 Å². The summed E-state index contributed by atoms with van der Waals surface area (Å²) in [4.78, 5) is 6.66. The summed E-state index contributed by atoms with van der Waals surface area (Å²) in [7, 11) is 3.97. The van der Waals surface area contributed by atoms with Crippen LogP contribution >= 0.6 is 0 Å². The average molecular weight is 370 g/mol.